The minimum absolute atomic E-state index is 0.429. The molecule has 0 radical (unpaired) electrons. The van der Waals surface area contributed by atoms with Gasteiger partial charge in [-0.1, -0.05) is 0 Å². The fourth-order valence-corrected chi connectivity index (χ4v) is 2.39. The molecule has 1 atom stereocenters. The van der Waals surface area contributed by atoms with Crippen LogP contribution in [0.15, 0.2) is 22.8 Å². The molecule has 0 amide bonds. The molecule has 0 aliphatic heterocycles. The van der Waals surface area contributed by atoms with E-state index in [-0.39, 0.29) is 0 Å². The summed E-state index contributed by atoms with van der Waals surface area (Å²) >= 11 is 3.49. The van der Waals surface area contributed by atoms with Gasteiger partial charge in [-0.05, 0) is 35.0 Å². The molecule has 1 aromatic heterocycles. The van der Waals surface area contributed by atoms with Gasteiger partial charge in [0.1, 0.15) is 5.75 Å². The van der Waals surface area contributed by atoms with Gasteiger partial charge < -0.3 is 9.84 Å². The topological polar surface area (TPSA) is 47.3 Å². The van der Waals surface area contributed by atoms with E-state index in [0.717, 1.165) is 21.1 Å². The quantitative estimate of drug-likeness (QED) is 0.940. The third-order valence-electron chi connectivity index (χ3n) is 2.36. The summed E-state index contributed by atoms with van der Waals surface area (Å²) in [5.74, 6) is 0.764. The van der Waals surface area contributed by atoms with Crippen molar-refractivity contribution in [1.29, 1.82) is 0 Å². The highest BCUT2D eigenvalue weighted by molar-refractivity contribution is 9.10. The highest BCUT2D eigenvalue weighted by atomic mass is 79.9. The number of nitrogens with zero attached hydrogens (tertiary/aromatic N) is 2. The Morgan fingerprint density at radius 1 is 1.56 bits per heavy atom. The SMILES string of the molecule is COc1ccc2cnn(C[C@@H](C)O)c2c1Br. The van der Waals surface area contributed by atoms with Crippen molar-refractivity contribution >= 4 is 26.8 Å². The minimum Gasteiger partial charge on any atom is -0.495 e. The number of methoxy groups -OCH3 is 1. The lowest BCUT2D eigenvalue weighted by Crippen LogP contribution is -2.12. The van der Waals surface area contributed by atoms with Gasteiger partial charge in [0.2, 0.25) is 0 Å². The minimum atomic E-state index is -0.429. The maximum Gasteiger partial charge on any atom is 0.135 e. The lowest BCUT2D eigenvalue weighted by Gasteiger charge is -2.09. The van der Waals surface area contributed by atoms with Gasteiger partial charge in [-0.25, -0.2) is 0 Å². The average molecular weight is 285 g/mol. The smallest absolute Gasteiger partial charge is 0.135 e. The van der Waals surface area contributed by atoms with E-state index in [1.54, 1.807) is 24.9 Å². The Labute approximate surface area is 102 Å². The first-order valence-corrected chi connectivity index (χ1v) is 5.79. The van der Waals surface area contributed by atoms with Crippen LogP contribution in [0.5, 0.6) is 5.75 Å². The fourth-order valence-electron chi connectivity index (χ4n) is 1.66. The second-order valence-electron chi connectivity index (χ2n) is 3.70. The molecule has 1 N–H and O–H groups in total. The van der Waals surface area contributed by atoms with Crippen LogP contribution in [-0.4, -0.2) is 28.1 Å². The monoisotopic (exact) mass is 284 g/mol. The van der Waals surface area contributed by atoms with Crippen molar-refractivity contribution in [2.24, 2.45) is 0 Å². The Kier molecular flexibility index (Phi) is 3.16. The number of aliphatic hydroxyl groups excluding tert-OH is 1. The van der Waals surface area contributed by atoms with Crippen molar-refractivity contribution in [3.63, 3.8) is 0 Å². The van der Waals surface area contributed by atoms with E-state index in [1.165, 1.54) is 0 Å². The Morgan fingerprint density at radius 2 is 2.31 bits per heavy atom. The Hall–Kier alpha value is -1.07. The zero-order chi connectivity index (χ0) is 11.7. The summed E-state index contributed by atoms with van der Waals surface area (Å²) in [7, 11) is 1.63. The van der Waals surface area contributed by atoms with Crippen LogP contribution in [0.4, 0.5) is 0 Å². The standard InChI is InChI=1S/C11H13BrN2O2/c1-7(15)6-14-11-8(5-13-14)3-4-9(16-2)10(11)12/h3-5,7,15H,6H2,1-2H3/t7-/m1/s1. The molecule has 2 rings (SSSR count). The molecule has 16 heavy (non-hydrogen) atoms. The first kappa shape index (κ1) is 11.4. The van der Waals surface area contributed by atoms with Crippen molar-refractivity contribution in [2.75, 3.05) is 7.11 Å². The Morgan fingerprint density at radius 3 is 2.94 bits per heavy atom. The zero-order valence-corrected chi connectivity index (χ0v) is 10.7. The van der Waals surface area contributed by atoms with Gasteiger partial charge >= 0.3 is 0 Å². The van der Waals surface area contributed by atoms with Crippen molar-refractivity contribution in [3.05, 3.63) is 22.8 Å². The first-order valence-electron chi connectivity index (χ1n) is 4.99. The number of hydrogen-bond acceptors (Lipinski definition) is 3. The molecular weight excluding hydrogens is 272 g/mol. The number of fused-ring (bicyclic) bond motifs is 1. The van der Waals surface area contributed by atoms with Gasteiger partial charge in [-0.15, -0.1) is 0 Å². The average Bonchev–Trinajstić information content (AvgIpc) is 2.62. The summed E-state index contributed by atoms with van der Waals surface area (Å²) in [6.45, 7) is 2.21. The summed E-state index contributed by atoms with van der Waals surface area (Å²) < 4.78 is 7.87. The highest BCUT2D eigenvalue weighted by Gasteiger charge is 2.12. The maximum atomic E-state index is 9.39. The number of rotatable bonds is 3. The van der Waals surface area contributed by atoms with Crippen LogP contribution < -0.4 is 4.74 Å². The van der Waals surface area contributed by atoms with Crippen LogP contribution >= 0.6 is 15.9 Å². The van der Waals surface area contributed by atoms with Crippen LogP contribution in [0, 0.1) is 0 Å². The molecule has 5 heteroatoms. The van der Waals surface area contributed by atoms with Gasteiger partial charge in [0, 0.05) is 5.39 Å². The summed E-state index contributed by atoms with van der Waals surface area (Å²) in [6.07, 6.45) is 1.35. The van der Waals surface area contributed by atoms with Crippen molar-refractivity contribution in [3.8, 4) is 5.75 Å². The number of aromatic nitrogens is 2. The van der Waals surface area contributed by atoms with Gasteiger partial charge in [-0.2, -0.15) is 5.10 Å². The maximum absolute atomic E-state index is 9.39. The second-order valence-corrected chi connectivity index (χ2v) is 4.49. The molecule has 0 spiro atoms. The van der Waals surface area contributed by atoms with Crippen molar-refractivity contribution < 1.29 is 9.84 Å². The molecule has 0 saturated heterocycles. The number of aliphatic hydroxyl groups is 1. The number of ether oxygens (including phenoxy) is 1. The van der Waals surface area contributed by atoms with Gasteiger partial charge in [0.15, 0.2) is 0 Å². The summed E-state index contributed by atoms with van der Waals surface area (Å²) in [6, 6.07) is 3.84. The van der Waals surface area contributed by atoms with E-state index in [4.69, 9.17) is 4.74 Å². The molecule has 0 aliphatic rings. The second kappa shape index (κ2) is 4.43. The predicted octanol–water partition coefficient (Wildman–Crippen LogP) is 2.19. The summed E-state index contributed by atoms with van der Waals surface area (Å²) in [5.41, 5.74) is 0.945. The van der Waals surface area contributed by atoms with E-state index >= 15 is 0 Å². The largest absolute Gasteiger partial charge is 0.495 e. The van der Waals surface area contributed by atoms with Crippen LogP contribution in [0.1, 0.15) is 6.92 Å². The third-order valence-corrected chi connectivity index (χ3v) is 3.13. The molecule has 0 fully saturated rings. The van der Waals surface area contributed by atoms with Crippen molar-refractivity contribution in [2.45, 2.75) is 19.6 Å². The predicted molar refractivity (Wildman–Crippen MR) is 65.7 cm³/mol. The van der Waals surface area contributed by atoms with E-state index < -0.39 is 6.10 Å². The molecular formula is C11H13BrN2O2. The molecule has 4 nitrogen and oxygen atoms in total. The molecule has 1 heterocycles. The molecule has 1 aromatic carbocycles. The fraction of sp³-hybridized carbons (Fsp3) is 0.364. The Bertz CT molecular complexity index is 508. The molecule has 86 valence electrons. The lowest BCUT2D eigenvalue weighted by atomic mass is 10.2. The van der Waals surface area contributed by atoms with E-state index in [1.807, 2.05) is 12.1 Å². The van der Waals surface area contributed by atoms with Gasteiger partial charge in [-0.3, -0.25) is 4.68 Å². The van der Waals surface area contributed by atoms with Gasteiger partial charge in [0.25, 0.3) is 0 Å². The number of halogens is 1. The normalized spacial score (nSPS) is 13.0. The van der Waals surface area contributed by atoms with E-state index in [9.17, 15) is 5.11 Å². The van der Waals surface area contributed by atoms with E-state index in [2.05, 4.69) is 21.0 Å². The molecule has 0 bridgehead atoms. The van der Waals surface area contributed by atoms with Crippen LogP contribution in [0.2, 0.25) is 0 Å². The molecule has 0 aliphatic carbocycles. The lowest BCUT2D eigenvalue weighted by molar-refractivity contribution is 0.170. The highest BCUT2D eigenvalue weighted by Crippen LogP contribution is 2.32. The third kappa shape index (κ3) is 1.92. The van der Waals surface area contributed by atoms with Crippen LogP contribution in [-0.2, 0) is 6.54 Å². The molecule has 0 saturated carbocycles. The van der Waals surface area contributed by atoms with Crippen LogP contribution in [0.25, 0.3) is 10.9 Å². The molecule has 0 unspecified atom stereocenters. The number of hydrogen-bond donors (Lipinski definition) is 1. The Balaban J connectivity index is 2.59. The first-order chi connectivity index (χ1) is 7.63. The summed E-state index contributed by atoms with van der Waals surface area (Å²) in [5, 5.41) is 14.7. The summed E-state index contributed by atoms with van der Waals surface area (Å²) in [4.78, 5) is 0. The van der Waals surface area contributed by atoms with E-state index in [0.29, 0.717) is 6.54 Å². The molecule has 2 aromatic rings. The van der Waals surface area contributed by atoms with Gasteiger partial charge in [0.05, 0.1) is 35.9 Å². The van der Waals surface area contributed by atoms with Crippen molar-refractivity contribution in [1.82, 2.24) is 9.78 Å². The number of benzene rings is 1. The zero-order valence-electron chi connectivity index (χ0n) is 9.14. The van der Waals surface area contributed by atoms with Crippen LogP contribution in [0.3, 0.4) is 0 Å².